The fourth-order valence-electron chi connectivity index (χ4n) is 1.81. The van der Waals surface area contributed by atoms with Crippen LogP contribution in [-0.2, 0) is 0 Å². The van der Waals surface area contributed by atoms with Gasteiger partial charge in [-0.2, -0.15) is 0 Å². The number of carbonyl (C=O) groups excluding carboxylic acids is 1. The molecule has 2 aromatic carbocycles. The lowest BCUT2D eigenvalue weighted by atomic mass is 10.2. The van der Waals surface area contributed by atoms with Crippen LogP contribution in [0.4, 0.5) is 21.9 Å². The molecule has 2 amide bonds. The number of urea groups is 1. The highest BCUT2D eigenvalue weighted by molar-refractivity contribution is 6.01. The molecule has 2 aromatic rings. The number of rotatable bonds is 4. The van der Waals surface area contributed by atoms with Crippen LogP contribution in [0.15, 0.2) is 42.5 Å². The number of methoxy groups -OCH3 is 2. The van der Waals surface area contributed by atoms with Crippen molar-refractivity contribution in [1.29, 1.82) is 0 Å². The molecule has 0 aliphatic heterocycles. The quantitative estimate of drug-likeness (QED) is 0.755. The van der Waals surface area contributed by atoms with Crippen LogP contribution in [0.5, 0.6) is 11.5 Å². The van der Waals surface area contributed by atoms with Crippen molar-refractivity contribution in [2.45, 2.75) is 0 Å². The lowest BCUT2D eigenvalue weighted by molar-refractivity contribution is 0.262. The first-order chi connectivity index (χ1) is 10.1. The fourth-order valence-corrected chi connectivity index (χ4v) is 1.81. The average Bonchev–Trinajstić information content (AvgIpc) is 2.47. The maximum Gasteiger partial charge on any atom is 0.323 e. The van der Waals surface area contributed by atoms with Gasteiger partial charge in [-0.3, -0.25) is 0 Å². The Morgan fingerprint density at radius 3 is 2.57 bits per heavy atom. The van der Waals surface area contributed by atoms with E-state index in [1.54, 1.807) is 49.6 Å². The summed E-state index contributed by atoms with van der Waals surface area (Å²) in [6, 6.07) is 11.7. The minimum Gasteiger partial charge on any atom is -0.497 e. The minimum atomic E-state index is -0.396. The van der Waals surface area contributed by atoms with E-state index in [-0.39, 0.29) is 0 Å². The van der Waals surface area contributed by atoms with Gasteiger partial charge in [-0.15, -0.1) is 0 Å². The number of amides is 2. The van der Waals surface area contributed by atoms with Gasteiger partial charge in [0.1, 0.15) is 11.5 Å². The first-order valence-electron chi connectivity index (χ1n) is 6.28. The van der Waals surface area contributed by atoms with Crippen LogP contribution < -0.4 is 25.8 Å². The van der Waals surface area contributed by atoms with E-state index in [0.29, 0.717) is 28.6 Å². The Kier molecular flexibility index (Phi) is 4.50. The fraction of sp³-hybridized carbons (Fsp3) is 0.133. The molecule has 6 heteroatoms. The summed E-state index contributed by atoms with van der Waals surface area (Å²) in [6.07, 6.45) is 0. The Hall–Kier alpha value is -2.89. The number of ether oxygens (including phenoxy) is 2. The molecule has 6 nitrogen and oxygen atoms in total. The second kappa shape index (κ2) is 6.51. The summed E-state index contributed by atoms with van der Waals surface area (Å²) in [7, 11) is 3.09. The van der Waals surface area contributed by atoms with Crippen molar-refractivity contribution in [2.24, 2.45) is 0 Å². The van der Waals surface area contributed by atoms with Crippen LogP contribution >= 0.6 is 0 Å². The predicted molar refractivity (Wildman–Crippen MR) is 83.0 cm³/mol. The van der Waals surface area contributed by atoms with Crippen molar-refractivity contribution >= 4 is 23.1 Å². The molecule has 21 heavy (non-hydrogen) atoms. The van der Waals surface area contributed by atoms with Gasteiger partial charge in [-0.05, 0) is 30.3 Å². The van der Waals surface area contributed by atoms with Crippen molar-refractivity contribution in [3.63, 3.8) is 0 Å². The lowest BCUT2D eigenvalue weighted by Crippen LogP contribution is -2.19. The van der Waals surface area contributed by atoms with E-state index >= 15 is 0 Å². The number of nitrogen functional groups attached to an aromatic ring is 1. The molecule has 0 radical (unpaired) electrons. The summed E-state index contributed by atoms with van der Waals surface area (Å²) in [5.74, 6) is 1.19. The molecule has 0 aliphatic carbocycles. The van der Waals surface area contributed by atoms with E-state index in [9.17, 15) is 4.79 Å². The summed E-state index contributed by atoms with van der Waals surface area (Å²) in [4.78, 5) is 12.0. The van der Waals surface area contributed by atoms with Crippen molar-refractivity contribution in [2.75, 3.05) is 30.6 Å². The SMILES string of the molecule is COc1cccc(NC(=O)Nc2cc(N)ccc2OC)c1. The third kappa shape index (κ3) is 3.79. The van der Waals surface area contributed by atoms with Crippen molar-refractivity contribution in [3.05, 3.63) is 42.5 Å². The molecule has 0 saturated carbocycles. The van der Waals surface area contributed by atoms with Crippen LogP contribution in [0.25, 0.3) is 0 Å². The molecule has 110 valence electrons. The first-order valence-corrected chi connectivity index (χ1v) is 6.28. The second-order valence-electron chi connectivity index (χ2n) is 4.27. The van der Waals surface area contributed by atoms with Crippen LogP contribution in [0, 0.1) is 0 Å². The topological polar surface area (TPSA) is 85.6 Å². The molecule has 0 saturated heterocycles. The molecule has 0 aliphatic rings. The summed E-state index contributed by atoms with van der Waals surface area (Å²) in [5.41, 5.74) is 7.36. The highest BCUT2D eigenvalue weighted by atomic mass is 16.5. The Morgan fingerprint density at radius 1 is 1.05 bits per heavy atom. The maximum absolute atomic E-state index is 12.0. The monoisotopic (exact) mass is 287 g/mol. The molecular weight excluding hydrogens is 270 g/mol. The number of benzene rings is 2. The molecule has 0 spiro atoms. The highest BCUT2D eigenvalue weighted by Gasteiger charge is 2.08. The summed E-state index contributed by atoms with van der Waals surface area (Å²) >= 11 is 0. The molecule has 0 heterocycles. The third-order valence-corrected chi connectivity index (χ3v) is 2.80. The molecule has 0 fully saturated rings. The van der Waals surface area contributed by atoms with Crippen molar-refractivity contribution in [3.8, 4) is 11.5 Å². The number of hydrogen-bond donors (Lipinski definition) is 3. The van der Waals surface area contributed by atoms with Crippen LogP contribution in [0.3, 0.4) is 0 Å². The van der Waals surface area contributed by atoms with Gasteiger partial charge in [-0.25, -0.2) is 4.79 Å². The molecule has 0 aromatic heterocycles. The normalized spacial score (nSPS) is 9.81. The summed E-state index contributed by atoms with van der Waals surface area (Å²) in [5, 5.41) is 5.40. The Labute approximate surface area is 122 Å². The number of nitrogens with one attached hydrogen (secondary N) is 2. The van der Waals surface area contributed by atoms with E-state index in [4.69, 9.17) is 15.2 Å². The predicted octanol–water partition coefficient (Wildman–Crippen LogP) is 2.93. The number of carbonyl (C=O) groups is 1. The van der Waals surface area contributed by atoms with Crippen molar-refractivity contribution in [1.82, 2.24) is 0 Å². The second-order valence-corrected chi connectivity index (χ2v) is 4.27. The average molecular weight is 287 g/mol. The molecule has 4 N–H and O–H groups in total. The lowest BCUT2D eigenvalue weighted by Gasteiger charge is -2.12. The zero-order valence-corrected chi connectivity index (χ0v) is 11.8. The molecule has 0 unspecified atom stereocenters. The van der Waals surface area contributed by atoms with E-state index in [1.165, 1.54) is 7.11 Å². The van der Waals surface area contributed by atoms with Gasteiger partial charge < -0.3 is 25.8 Å². The van der Waals surface area contributed by atoms with Gasteiger partial charge in [0.25, 0.3) is 0 Å². The Balaban J connectivity index is 2.09. The van der Waals surface area contributed by atoms with Crippen LogP contribution in [-0.4, -0.2) is 20.3 Å². The summed E-state index contributed by atoms with van der Waals surface area (Å²) < 4.78 is 10.3. The van der Waals surface area contributed by atoms with Crippen LogP contribution in [0.1, 0.15) is 0 Å². The van der Waals surface area contributed by atoms with Gasteiger partial charge in [0.2, 0.25) is 0 Å². The third-order valence-electron chi connectivity index (χ3n) is 2.80. The number of nitrogens with two attached hydrogens (primary N) is 1. The molecule has 0 atom stereocenters. The summed E-state index contributed by atoms with van der Waals surface area (Å²) in [6.45, 7) is 0. The van der Waals surface area contributed by atoms with Gasteiger partial charge in [0.15, 0.2) is 0 Å². The van der Waals surface area contributed by atoms with Gasteiger partial charge in [0.05, 0.1) is 19.9 Å². The Morgan fingerprint density at radius 2 is 1.86 bits per heavy atom. The minimum absolute atomic E-state index is 0.396. The Bertz CT molecular complexity index is 644. The van der Waals surface area contributed by atoms with E-state index in [2.05, 4.69) is 10.6 Å². The largest absolute Gasteiger partial charge is 0.497 e. The van der Waals surface area contributed by atoms with E-state index in [1.807, 2.05) is 0 Å². The smallest absolute Gasteiger partial charge is 0.323 e. The molecule has 0 bridgehead atoms. The van der Waals surface area contributed by atoms with Gasteiger partial charge in [0, 0.05) is 17.4 Å². The first kappa shape index (κ1) is 14.5. The maximum atomic E-state index is 12.0. The zero-order chi connectivity index (χ0) is 15.2. The van der Waals surface area contributed by atoms with Crippen LogP contribution in [0.2, 0.25) is 0 Å². The van der Waals surface area contributed by atoms with Gasteiger partial charge >= 0.3 is 6.03 Å². The molecular formula is C15H17N3O3. The molecule has 2 rings (SSSR count). The number of anilines is 3. The zero-order valence-electron chi connectivity index (χ0n) is 11.8. The highest BCUT2D eigenvalue weighted by Crippen LogP contribution is 2.26. The van der Waals surface area contributed by atoms with E-state index in [0.717, 1.165) is 0 Å². The number of hydrogen-bond acceptors (Lipinski definition) is 4. The van der Waals surface area contributed by atoms with E-state index < -0.39 is 6.03 Å². The standard InChI is InChI=1S/C15H17N3O3/c1-20-12-5-3-4-11(9-12)17-15(19)18-13-8-10(16)6-7-14(13)21-2/h3-9H,16H2,1-2H3,(H2,17,18,19). The van der Waals surface area contributed by atoms with Gasteiger partial charge in [-0.1, -0.05) is 6.07 Å². The van der Waals surface area contributed by atoms with Crippen molar-refractivity contribution < 1.29 is 14.3 Å².